The number of aromatic hydroxyl groups is 9. The zero-order chi connectivity index (χ0) is 30.9. The van der Waals surface area contributed by atoms with Crippen molar-refractivity contribution in [2.75, 3.05) is 0 Å². The number of fused-ring (bicyclic) bond motifs is 2. The van der Waals surface area contributed by atoms with Crippen LogP contribution in [0.4, 0.5) is 0 Å². The van der Waals surface area contributed by atoms with E-state index in [1.807, 2.05) is 0 Å². The van der Waals surface area contributed by atoms with Gasteiger partial charge in [0.1, 0.15) is 40.6 Å². The third-order valence-corrected chi connectivity index (χ3v) is 7.77. The van der Waals surface area contributed by atoms with Gasteiger partial charge in [-0.05, 0) is 29.8 Å². The Morgan fingerprint density at radius 1 is 0.558 bits per heavy atom. The molecule has 11 N–H and O–H groups in total. The fourth-order valence-corrected chi connectivity index (χ4v) is 5.78. The van der Waals surface area contributed by atoms with Crippen LogP contribution in [0, 0.1) is 0 Å². The molecule has 0 saturated heterocycles. The van der Waals surface area contributed by atoms with Crippen molar-refractivity contribution in [2.45, 2.75) is 36.8 Å². The van der Waals surface area contributed by atoms with Crippen molar-refractivity contribution in [3.63, 3.8) is 0 Å². The van der Waals surface area contributed by atoms with Gasteiger partial charge in [-0.1, -0.05) is 6.07 Å². The lowest BCUT2D eigenvalue weighted by Gasteiger charge is -2.40. The Bertz CT molecular complexity index is 1750. The lowest BCUT2D eigenvalue weighted by molar-refractivity contribution is 0.00113. The van der Waals surface area contributed by atoms with Crippen LogP contribution in [-0.2, 0) is 6.42 Å². The number of benzene rings is 4. The van der Waals surface area contributed by atoms with Crippen molar-refractivity contribution < 1.29 is 65.6 Å². The fraction of sp³-hybridized carbons (Fsp3) is 0.200. The second-order valence-corrected chi connectivity index (χ2v) is 10.5. The molecule has 0 radical (unpaired) electrons. The molecule has 0 amide bonds. The minimum absolute atomic E-state index is 0.0258. The molecule has 43 heavy (non-hydrogen) atoms. The van der Waals surface area contributed by atoms with Crippen LogP contribution in [-0.4, -0.2) is 68.4 Å². The molecule has 0 fully saturated rings. The quantitative estimate of drug-likeness (QED) is 0.153. The van der Waals surface area contributed by atoms with E-state index in [0.29, 0.717) is 0 Å². The van der Waals surface area contributed by atoms with Gasteiger partial charge >= 0.3 is 0 Å². The van der Waals surface area contributed by atoms with Crippen molar-refractivity contribution in [1.29, 1.82) is 0 Å². The SMILES string of the molecule is Oc1cc(O)c2c(c1)O[C@H](c1ccc(O)c(O)c1)[C@@H](O)[C@@H]2c1c(O)cc(O)c2c1O[C@H](c1cc(O)c(O)c(O)c1)[C@@H](O)C2. The van der Waals surface area contributed by atoms with E-state index in [1.54, 1.807) is 0 Å². The number of rotatable bonds is 3. The molecule has 2 aliphatic heterocycles. The van der Waals surface area contributed by atoms with Crippen LogP contribution in [0.1, 0.15) is 45.9 Å². The summed E-state index contributed by atoms with van der Waals surface area (Å²) in [5.74, 6) is -6.77. The predicted molar refractivity (Wildman–Crippen MR) is 145 cm³/mol. The summed E-state index contributed by atoms with van der Waals surface area (Å²) < 4.78 is 12.0. The van der Waals surface area contributed by atoms with Gasteiger partial charge in [-0.2, -0.15) is 0 Å². The highest BCUT2D eigenvalue weighted by molar-refractivity contribution is 5.66. The largest absolute Gasteiger partial charge is 0.508 e. The van der Waals surface area contributed by atoms with E-state index >= 15 is 0 Å². The second-order valence-electron chi connectivity index (χ2n) is 10.5. The second kappa shape index (κ2) is 9.86. The molecule has 4 aromatic rings. The van der Waals surface area contributed by atoms with Crippen LogP contribution >= 0.6 is 0 Å². The minimum atomic E-state index is -1.64. The third-order valence-electron chi connectivity index (χ3n) is 7.77. The molecule has 0 bridgehead atoms. The Morgan fingerprint density at radius 3 is 1.88 bits per heavy atom. The maximum atomic E-state index is 11.8. The maximum Gasteiger partial charge on any atom is 0.200 e. The average molecular weight is 595 g/mol. The van der Waals surface area contributed by atoms with Gasteiger partial charge in [0.05, 0.1) is 12.0 Å². The molecule has 13 nitrogen and oxygen atoms in total. The van der Waals surface area contributed by atoms with Crippen LogP contribution in [0.3, 0.4) is 0 Å². The number of hydrogen-bond donors (Lipinski definition) is 11. The van der Waals surface area contributed by atoms with E-state index in [1.165, 1.54) is 18.2 Å². The minimum Gasteiger partial charge on any atom is -0.508 e. The van der Waals surface area contributed by atoms with E-state index < -0.39 is 76.3 Å². The average Bonchev–Trinajstić information content (AvgIpc) is 2.94. The lowest BCUT2D eigenvalue weighted by Crippen LogP contribution is -2.36. The highest BCUT2D eigenvalue weighted by atomic mass is 16.5. The van der Waals surface area contributed by atoms with Crippen LogP contribution in [0.15, 0.2) is 48.5 Å². The number of phenolic OH excluding ortho intramolecular Hbond substituents is 9. The van der Waals surface area contributed by atoms with Crippen molar-refractivity contribution in [3.05, 3.63) is 76.3 Å². The summed E-state index contributed by atoms with van der Waals surface area (Å²) >= 11 is 0. The zero-order valence-corrected chi connectivity index (χ0v) is 21.9. The number of phenols is 9. The molecule has 0 saturated carbocycles. The topological polar surface area (TPSA) is 241 Å². The van der Waals surface area contributed by atoms with Gasteiger partial charge in [-0.3, -0.25) is 0 Å². The fourth-order valence-electron chi connectivity index (χ4n) is 5.78. The smallest absolute Gasteiger partial charge is 0.200 e. The van der Waals surface area contributed by atoms with Gasteiger partial charge in [0, 0.05) is 46.9 Å². The highest BCUT2D eigenvalue weighted by Crippen LogP contribution is 2.57. The Hall–Kier alpha value is -5.40. The van der Waals surface area contributed by atoms with Gasteiger partial charge in [0.2, 0.25) is 0 Å². The third kappa shape index (κ3) is 4.42. The van der Waals surface area contributed by atoms with Crippen LogP contribution in [0.25, 0.3) is 0 Å². The summed E-state index contributed by atoms with van der Waals surface area (Å²) in [6.07, 6.45) is -5.87. The summed E-state index contributed by atoms with van der Waals surface area (Å²) in [6.45, 7) is 0. The zero-order valence-electron chi connectivity index (χ0n) is 21.9. The summed E-state index contributed by atoms with van der Waals surface area (Å²) in [7, 11) is 0. The Balaban J connectivity index is 1.56. The molecule has 0 aliphatic carbocycles. The highest BCUT2D eigenvalue weighted by Gasteiger charge is 2.46. The Kier molecular flexibility index (Phi) is 6.36. The monoisotopic (exact) mass is 594 g/mol. The first-order chi connectivity index (χ1) is 20.3. The van der Waals surface area contributed by atoms with Crippen molar-refractivity contribution in [3.8, 4) is 63.2 Å². The van der Waals surface area contributed by atoms with Crippen molar-refractivity contribution in [2.24, 2.45) is 0 Å². The first-order valence-electron chi connectivity index (χ1n) is 12.9. The number of aliphatic hydroxyl groups excluding tert-OH is 2. The van der Waals surface area contributed by atoms with Gasteiger partial charge in [-0.25, -0.2) is 0 Å². The molecule has 0 aromatic heterocycles. The summed E-state index contributed by atoms with van der Waals surface area (Å²) in [5.41, 5.74) is 0.0126. The standard InChI is InChI=1S/C30H26O13/c31-12-6-17(35)23-22(7-12)42-29(10-1-2-14(32)16(34)3-10)27(41)25(23)24-18(36)9-15(33)13-8-21(39)28(43-30(13)24)11-4-19(37)26(40)20(38)5-11/h1-7,9,21,25,27-29,31-41H,8H2/t21-,25-,27-,28+,29+/m0/s1. The first-order valence-corrected chi connectivity index (χ1v) is 12.9. The number of ether oxygens (including phenoxy) is 2. The van der Waals surface area contributed by atoms with E-state index in [4.69, 9.17) is 9.47 Å². The van der Waals surface area contributed by atoms with Crippen LogP contribution < -0.4 is 9.47 Å². The summed E-state index contributed by atoms with van der Waals surface area (Å²) in [4.78, 5) is 0. The van der Waals surface area contributed by atoms with Gasteiger partial charge in [0.25, 0.3) is 0 Å². The summed E-state index contributed by atoms with van der Waals surface area (Å²) in [6, 6.07) is 8.92. The first kappa shape index (κ1) is 27.8. The summed E-state index contributed by atoms with van der Waals surface area (Å²) in [5, 5.41) is 116. The molecule has 0 unspecified atom stereocenters. The molecule has 6 rings (SSSR count). The molecule has 13 heteroatoms. The lowest BCUT2D eigenvalue weighted by atomic mass is 9.77. The Morgan fingerprint density at radius 2 is 1.21 bits per heavy atom. The van der Waals surface area contributed by atoms with Gasteiger partial charge in [-0.15, -0.1) is 0 Å². The number of aliphatic hydroxyl groups is 2. The van der Waals surface area contributed by atoms with Crippen molar-refractivity contribution in [1.82, 2.24) is 0 Å². The molecule has 5 atom stereocenters. The van der Waals surface area contributed by atoms with Gasteiger partial charge in [0.15, 0.2) is 41.0 Å². The Labute approximate surface area is 242 Å². The molecule has 224 valence electrons. The maximum absolute atomic E-state index is 11.8. The molecule has 4 aromatic carbocycles. The predicted octanol–water partition coefficient (Wildman–Crippen LogP) is 2.70. The van der Waals surface area contributed by atoms with E-state index in [-0.39, 0.29) is 51.5 Å². The van der Waals surface area contributed by atoms with E-state index in [9.17, 15) is 56.2 Å². The van der Waals surface area contributed by atoms with Gasteiger partial charge < -0.3 is 65.6 Å². The van der Waals surface area contributed by atoms with Crippen molar-refractivity contribution >= 4 is 0 Å². The molecule has 2 aliphatic rings. The molecule has 2 heterocycles. The molecule has 0 spiro atoms. The van der Waals surface area contributed by atoms with Crippen LogP contribution in [0.2, 0.25) is 0 Å². The van der Waals surface area contributed by atoms with Crippen LogP contribution in [0.5, 0.6) is 63.2 Å². The molecular weight excluding hydrogens is 568 g/mol. The number of hydrogen-bond acceptors (Lipinski definition) is 13. The normalized spacial score (nSPS) is 22.6. The molecular formula is C30H26O13. The van der Waals surface area contributed by atoms with E-state index in [0.717, 1.165) is 30.3 Å². The van der Waals surface area contributed by atoms with E-state index in [2.05, 4.69) is 0 Å².